The number of aryl methyl sites for hydroxylation is 2. The van der Waals surface area contributed by atoms with E-state index in [1.54, 1.807) is 4.68 Å². The highest BCUT2D eigenvalue weighted by Crippen LogP contribution is 2.16. The van der Waals surface area contributed by atoms with E-state index >= 15 is 0 Å². The zero-order chi connectivity index (χ0) is 11.5. The van der Waals surface area contributed by atoms with Gasteiger partial charge in [-0.15, -0.1) is 11.3 Å². The SMILES string of the molecule is CCn1ncnc1CC(=O)c1ccc(C)s1. The Kier molecular flexibility index (Phi) is 3.14. The number of aromatic nitrogens is 3. The van der Waals surface area contributed by atoms with Crippen LogP contribution in [-0.2, 0) is 13.0 Å². The van der Waals surface area contributed by atoms with Crippen LogP contribution in [0.4, 0.5) is 0 Å². The molecule has 5 heteroatoms. The molecule has 0 N–H and O–H groups in total. The van der Waals surface area contributed by atoms with Gasteiger partial charge in [-0.05, 0) is 26.0 Å². The summed E-state index contributed by atoms with van der Waals surface area (Å²) in [6.45, 7) is 4.72. The van der Waals surface area contributed by atoms with Crippen LogP contribution in [0.2, 0.25) is 0 Å². The average Bonchev–Trinajstić information content (AvgIpc) is 2.86. The van der Waals surface area contributed by atoms with E-state index in [9.17, 15) is 4.79 Å². The van der Waals surface area contributed by atoms with Crippen molar-refractivity contribution in [3.05, 3.63) is 34.0 Å². The molecule has 0 unspecified atom stereocenters. The molecular weight excluding hydrogens is 222 g/mol. The lowest BCUT2D eigenvalue weighted by Gasteiger charge is -2.00. The van der Waals surface area contributed by atoms with Gasteiger partial charge in [0.1, 0.15) is 12.2 Å². The van der Waals surface area contributed by atoms with Crippen molar-refractivity contribution in [3.63, 3.8) is 0 Å². The van der Waals surface area contributed by atoms with Gasteiger partial charge in [0.25, 0.3) is 0 Å². The summed E-state index contributed by atoms with van der Waals surface area (Å²) in [6, 6.07) is 3.83. The van der Waals surface area contributed by atoms with Gasteiger partial charge in [0.05, 0.1) is 11.3 Å². The van der Waals surface area contributed by atoms with Gasteiger partial charge >= 0.3 is 0 Å². The van der Waals surface area contributed by atoms with Crippen LogP contribution in [0.1, 0.15) is 27.3 Å². The Morgan fingerprint density at radius 1 is 1.50 bits per heavy atom. The summed E-state index contributed by atoms with van der Waals surface area (Å²) in [5.41, 5.74) is 0. The molecule has 0 aliphatic rings. The van der Waals surface area contributed by atoms with Gasteiger partial charge in [-0.3, -0.25) is 4.79 Å². The summed E-state index contributed by atoms with van der Waals surface area (Å²) in [5, 5.41) is 4.04. The zero-order valence-electron chi connectivity index (χ0n) is 9.30. The van der Waals surface area contributed by atoms with Gasteiger partial charge in [-0.25, -0.2) is 9.67 Å². The third-order valence-electron chi connectivity index (χ3n) is 2.33. The molecule has 2 aromatic rings. The summed E-state index contributed by atoms with van der Waals surface area (Å²) in [6.07, 6.45) is 1.82. The van der Waals surface area contributed by atoms with Crippen molar-refractivity contribution in [2.45, 2.75) is 26.8 Å². The fourth-order valence-corrected chi connectivity index (χ4v) is 2.31. The number of hydrogen-bond acceptors (Lipinski definition) is 4. The molecule has 4 nitrogen and oxygen atoms in total. The van der Waals surface area contributed by atoms with E-state index in [-0.39, 0.29) is 5.78 Å². The third-order valence-corrected chi connectivity index (χ3v) is 3.37. The molecule has 0 saturated heterocycles. The number of carbonyl (C=O) groups is 1. The predicted octanol–water partition coefficient (Wildman–Crippen LogP) is 2.09. The minimum atomic E-state index is 0.112. The van der Waals surface area contributed by atoms with Gasteiger partial charge in [-0.2, -0.15) is 5.10 Å². The van der Waals surface area contributed by atoms with E-state index in [1.807, 2.05) is 26.0 Å². The number of thiophene rings is 1. The van der Waals surface area contributed by atoms with Crippen molar-refractivity contribution >= 4 is 17.1 Å². The number of hydrogen-bond donors (Lipinski definition) is 0. The van der Waals surface area contributed by atoms with E-state index in [0.717, 1.165) is 22.1 Å². The molecule has 0 aliphatic carbocycles. The Morgan fingerprint density at radius 3 is 2.94 bits per heavy atom. The maximum atomic E-state index is 11.9. The molecule has 0 fully saturated rings. The van der Waals surface area contributed by atoms with Crippen LogP contribution in [0.3, 0.4) is 0 Å². The topological polar surface area (TPSA) is 47.8 Å². The van der Waals surface area contributed by atoms with Crippen molar-refractivity contribution in [2.75, 3.05) is 0 Å². The van der Waals surface area contributed by atoms with Gasteiger partial charge < -0.3 is 0 Å². The fourth-order valence-electron chi connectivity index (χ4n) is 1.50. The van der Waals surface area contributed by atoms with Gasteiger partial charge in [0.2, 0.25) is 0 Å². The normalized spacial score (nSPS) is 10.6. The van der Waals surface area contributed by atoms with Gasteiger partial charge in [0.15, 0.2) is 5.78 Å². The van der Waals surface area contributed by atoms with E-state index < -0.39 is 0 Å². The molecule has 0 atom stereocenters. The first-order valence-electron chi connectivity index (χ1n) is 5.17. The van der Waals surface area contributed by atoms with Crippen LogP contribution in [-0.4, -0.2) is 20.5 Å². The van der Waals surface area contributed by atoms with Crippen LogP contribution in [0.5, 0.6) is 0 Å². The van der Waals surface area contributed by atoms with Crippen molar-refractivity contribution < 1.29 is 4.79 Å². The Bertz CT molecular complexity index is 501. The summed E-state index contributed by atoms with van der Waals surface area (Å²) in [4.78, 5) is 18.0. The molecule has 2 rings (SSSR count). The van der Waals surface area contributed by atoms with Crippen LogP contribution in [0.15, 0.2) is 18.5 Å². The zero-order valence-corrected chi connectivity index (χ0v) is 10.1. The molecule has 0 aliphatic heterocycles. The maximum absolute atomic E-state index is 11.9. The second-order valence-corrected chi connectivity index (χ2v) is 4.79. The smallest absolute Gasteiger partial charge is 0.180 e. The highest BCUT2D eigenvalue weighted by Gasteiger charge is 2.12. The molecule has 2 aromatic heterocycles. The molecule has 0 amide bonds. The monoisotopic (exact) mass is 235 g/mol. The minimum absolute atomic E-state index is 0.112. The van der Waals surface area contributed by atoms with Crippen LogP contribution in [0, 0.1) is 6.92 Å². The van der Waals surface area contributed by atoms with Crippen LogP contribution < -0.4 is 0 Å². The molecule has 84 valence electrons. The van der Waals surface area contributed by atoms with Gasteiger partial charge in [0, 0.05) is 11.4 Å². The van der Waals surface area contributed by atoms with Gasteiger partial charge in [-0.1, -0.05) is 0 Å². The first-order valence-corrected chi connectivity index (χ1v) is 5.98. The molecule has 0 bridgehead atoms. The summed E-state index contributed by atoms with van der Waals surface area (Å²) >= 11 is 1.52. The lowest BCUT2D eigenvalue weighted by Crippen LogP contribution is -2.09. The Morgan fingerprint density at radius 2 is 2.31 bits per heavy atom. The Hall–Kier alpha value is -1.49. The van der Waals surface area contributed by atoms with Crippen LogP contribution >= 0.6 is 11.3 Å². The second-order valence-electron chi connectivity index (χ2n) is 3.50. The second kappa shape index (κ2) is 4.57. The van der Waals surface area contributed by atoms with Crippen LogP contribution in [0.25, 0.3) is 0 Å². The van der Waals surface area contributed by atoms with E-state index in [1.165, 1.54) is 17.7 Å². The summed E-state index contributed by atoms with van der Waals surface area (Å²) in [7, 11) is 0. The van der Waals surface area contributed by atoms with Crippen molar-refractivity contribution in [3.8, 4) is 0 Å². The standard InChI is InChI=1S/C11H13N3OS/c1-3-14-11(12-7-13-14)6-9(15)10-5-4-8(2)16-10/h4-5,7H,3,6H2,1-2H3. The molecule has 2 heterocycles. The molecule has 0 saturated carbocycles. The molecule has 16 heavy (non-hydrogen) atoms. The summed E-state index contributed by atoms with van der Waals surface area (Å²) in [5.74, 6) is 0.847. The Labute approximate surface area is 97.9 Å². The van der Waals surface area contributed by atoms with E-state index in [4.69, 9.17) is 0 Å². The van der Waals surface area contributed by atoms with Crippen molar-refractivity contribution in [1.29, 1.82) is 0 Å². The number of carbonyl (C=O) groups excluding carboxylic acids is 1. The average molecular weight is 235 g/mol. The quantitative estimate of drug-likeness (QED) is 0.762. The number of Topliss-reactive ketones (excluding diaryl/α,β-unsaturated/α-hetero) is 1. The highest BCUT2D eigenvalue weighted by molar-refractivity contribution is 7.14. The first-order chi connectivity index (χ1) is 7.70. The molecular formula is C11H13N3OS. The highest BCUT2D eigenvalue weighted by atomic mass is 32.1. The van der Waals surface area contributed by atoms with E-state index in [2.05, 4.69) is 10.1 Å². The van der Waals surface area contributed by atoms with E-state index in [0.29, 0.717) is 6.42 Å². The Balaban J connectivity index is 2.13. The molecule has 0 radical (unpaired) electrons. The maximum Gasteiger partial charge on any atom is 0.180 e. The summed E-state index contributed by atoms with van der Waals surface area (Å²) < 4.78 is 1.75. The first kappa shape index (κ1) is 11.0. The lowest BCUT2D eigenvalue weighted by atomic mass is 10.2. The number of ketones is 1. The van der Waals surface area contributed by atoms with Crippen molar-refractivity contribution in [2.24, 2.45) is 0 Å². The third kappa shape index (κ3) is 2.19. The minimum Gasteiger partial charge on any atom is -0.293 e. The molecule has 0 spiro atoms. The lowest BCUT2D eigenvalue weighted by molar-refractivity contribution is 0.0993. The number of nitrogens with zero attached hydrogens (tertiary/aromatic N) is 3. The number of rotatable bonds is 4. The van der Waals surface area contributed by atoms with Crippen molar-refractivity contribution in [1.82, 2.24) is 14.8 Å². The predicted molar refractivity (Wildman–Crippen MR) is 62.8 cm³/mol. The fraction of sp³-hybridized carbons (Fsp3) is 0.364. The largest absolute Gasteiger partial charge is 0.293 e. The molecule has 0 aromatic carbocycles.